The monoisotopic (exact) mass is 326 g/mol. The van der Waals surface area contributed by atoms with Gasteiger partial charge in [-0.2, -0.15) is 4.31 Å². The number of rotatable bonds is 4. The third kappa shape index (κ3) is 3.02. The fraction of sp³-hybridized carbons (Fsp3) is 0.533. The van der Waals surface area contributed by atoms with Gasteiger partial charge in [-0.25, -0.2) is 13.2 Å². The number of aryl methyl sites for hydroxylation is 1. The molecule has 122 valence electrons. The first kappa shape index (κ1) is 16.9. The molecule has 1 unspecified atom stereocenters. The van der Waals surface area contributed by atoms with E-state index in [1.165, 1.54) is 29.6 Å². The molecule has 0 amide bonds. The Bertz CT molecular complexity index is 687. The molecule has 1 aliphatic heterocycles. The number of benzene rings is 1. The average Bonchev–Trinajstić information content (AvgIpc) is 2.90. The van der Waals surface area contributed by atoms with E-state index in [1.807, 2.05) is 6.92 Å². The SMILES string of the molecule is COC(=O)c1ccc(S(=O)(=O)N2CCC(C)(CN)C2)c(C)c1. The minimum absolute atomic E-state index is 0.174. The Morgan fingerprint density at radius 1 is 1.45 bits per heavy atom. The summed E-state index contributed by atoms with van der Waals surface area (Å²) in [6.07, 6.45) is 0.752. The standard InChI is InChI=1S/C15H22N2O4S/c1-11-8-12(14(18)21-3)4-5-13(11)22(19,20)17-7-6-15(2,9-16)10-17/h4-5,8H,6-7,9-10,16H2,1-3H3. The lowest BCUT2D eigenvalue weighted by Crippen LogP contribution is -2.34. The largest absolute Gasteiger partial charge is 0.465 e. The minimum Gasteiger partial charge on any atom is -0.465 e. The molecule has 0 saturated carbocycles. The van der Waals surface area contributed by atoms with Crippen molar-refractivity contribution in [1.29, 1.82) is 0 Å². The molecule has 6 nitrogen and oxygen atoms in total. The van der Waals surface area contributed by atoms with Crippen molar-refractivity contribution >= 4 is 16.0 Å². The Labute approximate surface area is 131 Å². The van der Waals surface area contributed by atoms with Gasteiger partial charge < -0.3 is 10.5 Å². The minimum atomic E-state index is -3.57. The summed E-state index contributed by atoms with van der Waals surface area (Å²) in [5.74, 6) is -0.482. The van der Waals surface area contributed by atoms with Crippen LogP contribution in [0.1, 0.15) is 29.3 Å². The van der Waals surface area contributed by atoms with Crippen LogP contribution < -0.4 is 5.73 Å². The van der Waals surface area contributed by atoms with E-state index < -0.39 is 16.0 Å². The predicted octanol–water partition coefficient (Wildman–Crippen LogP) is 1.14. The Hall–Kier alpha value is -1.44. The van der Waals surface area contributed by atoms with Gasteiger partial charge in [-0.05, 0) is 49.1 Å². The molecule has 0 aliphatic carbocycles. The van der Waals surface area contributed by atoms with Gasteiger partial charge >= 0.3 is 5.97 Å². The van der Waals surface area contributed by atoms with E-state index in [0.29, 0.717) is 30.8 Å². The Balaban J connectivity index is 2.33. The topological polar surface area (TPSA) is 89.7 Å². The molecular formula is C15H22N2O4S. The molecule has 1 aliphatic rings. The molecule has 1 atom stereocenters. The highest BCUT2D eigenvalue weighted by atomic mass is 32.2. The lowest BCUT2D eigenvalue weighted by atomic mass is 9.90. The zero-order valence-corrected chi connectivity index (χ0v) is 13.9. The van der Waals surface area contributed by atoms with Crippen LogP contribution in [-0.4, -0.2) is 45.4 Å². The van der Waals surface area contributed by atoms with Gasteiger partial charge in [0, 0.05) is 13.1 Å². The highest BCUT2D eigenvalue weighted by Crippen LogP contribution is 2.33. The smallest absolute Gasteiger partial charge is 0.337 e. The highest BCUT2D eigenvalue weighted by molar-refractivity contribution is 7.89. The summed E-state index contributed by atoms with van der Waals surface area (Å²) in [6, 6.07) is 4.48. The summed E-state index contributed by atoms with van der Waals surface area (Å²) >= 11 is 0. The first-order valence-corrected chi connectivity index (χ1v) is 8.57. The summed E-state index contributed by atoms with van der Waals surface area (Å²) in [5.41, 5.74) is 6.44. The number of methoxy groups -OCH3 is 1. The lowest BCUT2D eigenvalue weighted by molar-refractivity contribution is 0.0600. The van der Waals surface area contributed by atoms with Crippen LogP contribution >= 0.6 is 0 Å². The van der Waals surface area contributed by atoms with Crippen molar-refractivity contribution in [3.8, 4) is 0 Å². The molecule has 0 bridgehead atoms. The number of carbonyl (C=O) groups excluding carboxylic acids is 1. The van der Waals surface area contributed by atoms with Crippen molar-refractivity contribution in [3.63, 3.8) is 0 Å². The average molecular weight is 326 g/mol. The van der Waals surface area contributed by atoms with E-state index in [2.05, 4.69) is 4.74 Å². The molecule has 0 spiro atoms. The van der Waals surface area contributed by atoms with Gasteiger partial charge in [-0.3, -0.25) is 0 Å². The summed E-state index contributed by atoms with van der Waals surface area (Å²) in [5, 5.41) is 0. The van der Waals surface area contributed by atoms with Gasteiger partial charge in [0.1, 0.15) is 0 Å². The molecule has 1 aromatic rings. The van der Waals surface area contributed by atoms with E-state index in [1.54, 1.807) is 6.92 Å². The number of hydrogen-bond donors (Lipinski definition) is 1. The van der Waals surface area contributed by atoms with Gasteiger partial charge in [-0.15, -0.1) is 0 Å². The zero-order chi connectivity index (χ0) is 16.5. The van der Waals surface area contributed by atoms with Crippen LogP contribution in [0.4, 0.5) is 0 Å². The quantitative estimate of drug-likeness (QED) is 0.838. The second-order valence-electron chi connectivity index (χ2n) is 6.08. The van der Waals surface area contributed by atoms with E-state index in [4.69, 9.17) is 5.73 Å². The molecule has 0 aromatic heterocycles. The van der Waals surface area contributed by atoms with Crippen molar-refractivity contribution in [2.45, 2.75) is 25.2 Å². The fourth-order valence-corrected chi connectivity index (χ4v) is 4.47. The number of nitrogens with zero attached hydrogens (tertiary/aromatic N) is 1. The number of carbonyl (C=O) groups is 1. The van der Waals surface area contributed by atoms with E-state index >= 15 is 0 Å². The maximum atomic E-state index is 12.8. The van der Waals surface area contributed by atoms with E-state index in [0.717, 1.165) is 6.42 Å². The number of hydrogen-bond acceptors (Lipinski definition) is 5. The molecule has 1 saturated heterocycles. The zero-order valence-electron chi connectivity index (χ0n) is 13.1. The second kappa shape index (κ2) is 5.98. The van der Waals surface area contributed by atoms with Crippen molar-refractivity contribution < 1.29 is 17.9 Å². The number of esters is 1. The Morgan fingerprint density at radius 3 is 2.64 bits per heavy atom. The van der Waals surface area contributed by atoms with Crippen molar-refractivity contribution in [2.24, 2.45) is 11.1 Å². The Kier molecular flexibility index (Phi) is 4.60. The first-order chi connectivity index (χ1) is 10.2. The number of nitrogens with two attached hydrogens (primary N) is 1. The van der Waals surface area contributed by atoms with Crippen molar-refractivity contribution in [3.05, 3.63) is 29.3 Å². The predicted molar refractivity (Wildman–Crippen MR) is 83.1 cm³/mol. The van der Waals surface area contributed by atoms with Crippen molar-refractivity contribution in [1.82, 2.24) is 4.31 Å². The van der Waals surface area contributed by atoms with Crippen molar-refractivity contribution in [2.75, 3.05) is 26.7 Å². The van der Waals surface area contributed by atoms with Gasteiger partial charge in [0.15, 0.2) is 0 Å². The Morgan fingerprint density at radius 2 is 2.14 bits per heavy atom. The van der Waals surface area contributed by atoms with E-state index in [9.17, 15) is 13.2 Å². The molecule has 22 heavy (non-hydrogen) atoms. The number of sulfonamides is 1. The molecule has 1 fully saturated rings. The molecular weight excluding hydrogens is 304 g/mol. The fourth-order valence-electron chi connectivity index (χ4n) is 2.67. The molecule has 1 heterocycles. The molecule has 2 rings (SSSR count). The molecule has 1 aromatic carbocycles. The van der Waals surface area contributed by atoms with Gasteiger partial charge in [0.2, 0.25) is 10.0 Å². The van der Waals surface area contributed by atoms with Gasteiger partial charge in [0.25, 0.3) is 0 Å². The van der Waals surface area contributed by atoms with Crippen LogP contribution in [0.3, 0.4) is 0 Å². The van der Waals surface area contributed by atoms with Gasteiger partial charge in [0.05, 0.1) is 17.6 Å². The lowest BCUT2D eigenvalue weighted by Gasteiger charge is -2.23. The van der Waals surface area contributed by atoms with Crippen LogP contribution in [-0.2, 0) is 14.8 Å². The maximum Gasteiger partial charge on any atom is 0.337 e. The van der Waals surface area contributed by atoms with Crippen LogP contribution in [0.5, 0.6) is 0 Å². The second-order valence-corrected chi connectivity index (χ2v) is 7.98. The maximum absolute atomic E-state index is 12.8. The first-order valence-electron chi connectivity index (χ1n) is 7.13. The molecule has 2 N–H and O–H groups in total. The van der Waals surface area contributed by atoms with Crippen LogP contribution in [0, 0.1) is 12.3 Å². The van der Waals surface area contributed by atoms with Crippen LogP contribution in [0.15, 0.2) is 23.1 Å². The normalized spacial score (nSPS) is 22.7. The van der Waals surface area contributed by atoms with Crippen LogP contribution in [0.25, 0.3) is 0 Å². The number of ether oxygens (including phenoxy) is 1. The summed E-state index contributed by atoms with van der Waals surface area (Å²) in [4.78, 5) is 11.7. The van der Waals surface area contributed by atoms with Crippen LogP contribution in [0.2, 0.25) is 0 Å². The third-order valence-corrected chi connectivity index (χ3v) is 6.23. The summed E-state index contributed by atoms with van der Waals surface area (Å²) < 4.78 is 31.7. The highest BCUT2D eigenvalue weighted by Gasteiger charge is 2.39. The summed E-state index contributed by atoms with van der Waals surface area (Å²) in [7, 11) is -2.28. The van der Waals surface area contributed by atoms with E-state index in [-0.39, 0.29) is 10.3 Å². The molecule has 7 heteroatoms. The summed E-state index contributed by atoms with van der Waals surface area (Å²) in [6.45, 7) is 5.02. The van der Waals surface area contributed by atoms with Gasteiger partial charge in [-0.1, -0.05) is 6.92 Å². The third-order valence-electron chi connectivity index (χ3n) is 4.23. The molecule has 0 radical (unpaired) electrons.